The van der Waals surface area contributed by atoms with Crippen molar-refractivity contribution in [2.45, 2.75) is 12.5 Å². The third-order valence-electron chi connectivity index (χ3n) is 5.84. The Hall–Kier alpha value is -3.42. The highest BCUT2D eigenvalue weighted by Gasteiger charge is 2.33. The normalized spacial score (nSPS) is 18.8. The Morgan fingerprint density at radius 3 is 1.97 bits per heavy atom. The summed E-state index contributed by atoms with van der Waals surface area (Å²) in [5, 5.41) is 3.04. The van der Waals surface area contributed by atoms with Crippen molar-refractivity contribution in [3.05, 3.63) is 48.5 Å². The Balaban J connectivity index is 1.28. The molecule has 0 aromatic heterocycles. The van der Waals surface area contributed by atoms with E-state index in [2.05, 4.69) is 10.2 Å². The van der Waals surface area contributed by atoms with Gasteiger partial charge >= 0.3 is 6.03 Å². The molecule has 31 heavy (non-hydrogen) atoms. The number of hydrogen-bond acceptors (Lipinski definition) is 5. The highest BCUT2D eigenvalue weighted by Crippen LogP contribution is 2.24. The minimum Gasteiger partial charge on any atom is -0.497 e. The molecule has 2 aliphatic heterocycles. The number of carbonyl (C=O) groups is 2. The zero-order valence-corrected chi connectivity index (χ0v) is 17.9. The highest BCUT2D eigenvalue weighted by molar-refractivity contribution is 5.96. The van der Waals surface area contributed by atoms with Crippen molar-refractivity contribution in [2.75, 3.05) is 56.7 Å². The second-order valence-electron chi connectivity index (χ2n) is 7.73. The summed E-state index contributed by atoms with van der Waals surface area (Å²) >= 11 is 0. The first-order chi connectivity index (χ1) is 15.1. The monoisotopic (exact) mass is 424 g/mol. The van der Waals surface area contributed by atoms with E-state index >= 15 is 0 Å². The Labute approximate surface area is 182 Å². The van der Waals surface area contributed by atoms with E-state index in [-0.39, 0.29) is 18.0 Å². The van der Waals surface area contributed by atoms with Gasteiger partial charge in [-0.15, -0.1) is 0 Å². The number of rotatable bonds is 5. The molecule has 2 fully saturated rings. The largest absolute Gasteiger partial charge is 0.497 e. The summed E-state index contributed by atoms with van der Waals surface area (Å²) in [6, 6.07) is 15.0. The fraction of sp³-hybridized carbons (Fsp3) is 0.391. The number of ether oxygens (including phenoxy) is 2. The van der Waals surface area contributed by atoms with E-state index in [1.165, 1.54) is 0 Å². The van der Waals surface area contributed by atoms with Gasteiger partial charge in [-0.3, -0.25) is 4.79 Å². The van der Waals surface area contributed by atoms with Crippen LogP contribution in [0.25, 0.3) is 0 Å². The number of benzene rings is 2. The molecule has 1 unspecified atom stereocenters. The van der Waals surface area contributed by atoms with Crippen LogP contribution in [0.3, 0.4) is 0 Å². The zero-order chi connectivity index (χ0) is 21.8. The average molecular weight is 425 g/mol. The van der Waals surface area contributed by atoms with Gasteiger partial charge in [0.25, 0.3) is 0 Å². The molecule has 0 radical (unpaired) electrons. The van der Waals surface area contributed by atoms with Crippen molar-refractivity contribution in [1.82, 2.24) is 10.2 Å². The number of amides is 3. The lowest BCUT2D eigenvalue weighted by molar-refractivity contribution is -0.117. The Morgan fingerprint density at radius 1 is 0.871 bits per heavy atom. The SMILES string of the molecule is COc1ccc(N2CCN(C(=O)NC3CC(=O)N(c4ccc(OC)cc4)C3)CC2)cc1. The fourth-order valence-electron chi connectivity index (χ4n) is 4.04. The molecule has 2 aromatic rings. The van der Waals surface area contributed by atoms with E-state index in [1.54, 1.807) is 19.1 Å². The predicted molar refractivity (Wildman–Crippen MR) is 119 cm³/mol. The molecule has 0 aliphatic carbocycles. The molecule has 3 amide bonds. The molecule has 1 atom stereocenters. The second-order valence-corrected chi connectivity index (χ2v) is 7.73. The van der Waals surface area contributed by atoms with E-state index in [4.69, 9.17) is 9.47 Å². The minimum absolute atomic E-state index is 0.0137. The number of nitrogens with zero attached hydrogens (tertiary/aromatic N) is 3. The van der Waals surface area contributed by atoms with Crippen LogP contribution in [0.2, 0.25) is 0 Å². The zero-order valence-electron chi connectivity index (χ0n) is 17.9. The van der Waals surface area contributed by atoms with Crippen LogP contribution in [0.4, 0.5) is 16.2 Å². The van der Waals surface area contributed by atoms with Crippen LogP contribution >= 0.6 is 0 Å². The quantitative estimate of drug-likeness (QED) is 0.798. The maximum absolute atomic E-state index is 12.7. The molecule has 8 nitrogen and oxygen atoms in total. The molecule has 0 bridgehead atoms. The topological polar surface area (TPSA) is 74.4 Å². The van der Waals surface area contributed by atoms with Crippen LogP contribution in [0.1, 0.15) is 6.42 Å². The number of urea groups is 1. The third kappa shape index (κ3) is 4.68. The Morgan fingerprint density at radius 2 is 1.42 bits per heavy atom. The molecule has 2 aliphatic rings. The number of piperazine rings is 1. The van der Waals surface area contributed by atoms with E-state index in [9.17, 15) is 9.59 Å². The first-order valence-electron chi connectivity index (χ1n) is 10.5. The highest BCUT2D eigenvalue weighted by atomic mass is 16.5. The van der Waals surface area contributed by atoms with E-state index < -0.39 is 0 Å². The van der Waals surface area contributed by atoms with Gasteiger partial charge < -0.3 is 29.5 Å². The van der Waals surface area contributed by atoms with Gasteiger partial charge in [0, 0.05) is 50.5 Å². The van der Waals surface area contributed by atoms with Crippen molar-refractivity contribution in [2.24, 2.45) is 0 Å². The van der Waals surface area contributed by atoms with Gasteiger partial charge in [-0.05, 0) is 48.5 Å². The third-order valence-corrected chi connectivity index (χ3v) is 5.84. The van der Waals surface area contributed by atoms with Crippen LogP contribution in [-0.2, 0) is 4.79 Å². The molecule has 2 saturated heterocycles. The summed E-state index contributed by atoms with van der Waals surface area (Å²) in [5.41, 5.74) is 1.94. The van der Waals surface area contributed by atoms with Crippen LogP contribution in [-0.4, -0.2) is 69.8 Å². The molecule has 0 saturated carbocycles. The first kappa shape index (κ1) is 20.8. The molecule has 164 valence electrons. The van der Waals surface area contributed by atoms with Gasteiger partial charge in [-0.1, -0.05) is 0 Å². The van der Waals surface area contributed by atoms with Crippen molar-refractivity contribution in [3.63, 3.8) is 0 Å². The van der Waals surface area contributed by atoms with E-state index in [0.717, 1.165) is 36.0 Å². The van der Waals surface area contributed by atoms with Crippen LogP contribution in [0.15, 0.2) is 48.5 Å². The predicted octanol–water partition coefficient (Wildman–Crippen LogP) is 2.34. The molecule has 0 spiro atoms. The van der Waals surface area contributed by atoms with Crippen LogP contribution < -0.4 is 24.6 Å². The average Bonchev–Trinajstić information content (AvgIpc) is 3.19. The number of carbonyl (C=O) groups excluding carboxylic acids is 2. The fourth-order valence-corrected chi connectivity index (χ4v) is 4.04. The van der Waals surface area contributed by atoms with E-state index in [1.807, 2.05) is 53.4 Å². The summed E-state index contributed by atoms with van der Waals surface area (Å²) < 4.78 is 10.4. The molecular weight excluding hydrogens is 396 g/mol. The maximum atomic E-state index is 12.7. The van der Waals surface area contributed by atoms with E-state index in [0.29, 0.717) is 26.1 Å². The van der Waals surface area contributed by atoms with Gasteiger partial charge in [0.15, 0.2) is 0 Å². The standard InChI is InChI=1S/C23H28N4O4/c1-30-20-7-3-18(4-8-20)25-11-13-26(14-12-25)23(29)24-17-15-22(28)27(16-17)19-5-9-21(31-2)10-6-19/h3-10,17H,11-16H2,1-2H3,(H,24,29). The van der Waals surface area contributed by atoms with Crippen LogP contribution in [0.5, 0.6) is 11.5 Å². The van der Waals surface area contributed by atoms with Gasteiger partial charge in [0.2, 0.25) is 5.91 Å². The second kappa shape index (κ2) is 9.16. The lowest BCUT2D eigenvalue weighted by Gasteiger charge is -2.36. The lowest BCUT2D eigenvalue weighted by Crippen LogP contribution is -2.53. The lowest BCUT2D eigenvalue weighted by atomic mass is 10.2. The number of hydrogen-bond donors (Lipinski definition) is 1. The van der Waals surface area contributed by atoms with Crippen molar-refractivity contribution in [3.8, 4) is 11.5 Å². The number of nitrogens with one attached hydrogen (secondary N) is 1. The molecule has 8 heteroatoms. The van der Waals surface area contributed by atoms with Crippen molar-refractivity contribution >= 4 is 23.3 Å². The summed E-state index contributed by atoms with van der Waals surface area (Å²) in [6.45, 7) is 3.28. The molecule has 4 rings (SSSR count). The minimum atomic E-state index is -0.193. The molecule has 2 heterocycles. The molecule has 2 aromatic carbocycles. The molecule has 1 N–H and O–H groups in total. The first-order valence-corrected chi connectivity index (χ1v) is 10.5. The van der Waals surface area contributed by atoms with Gasteiger partial charge in [-0.2, -0.15) is 0 Å². The van der Waals surface area contributed by atoms with Gasteiger partial charge in [0.1, 0.15) is 11.5 Å². The smallest absolute Gasteiger partial charge is 0.317 e. The van der Waals surface area contributed by atoms with Gasteiger partial charge in [0.05, 0.1) is 20.3 Å². The van der Waals surface area contributed by atoms with Crippen molar-refractivity contribution in [1.29, 1.82) is 0 Å². The summed E-state index contributed by atoms with van der Waals surface area (Å²) in [5.74, 6) is 1.59. The number of anilines is 2. The van der Waals surface area contributed by atoms with Crippen LogP contribution in [0, 0.1) is 0 Å². The Kier molecular flexibility index (Phi) is 6.16. The summed E-state index contributed by atoms with van der Waals surface area (Å²) in [6.07, 6.45) is 0.309. The maximum Gasteiger partial charge on any atom is 0.317 e. The number of methoxy groups -OCH3 is 2. The summed E-state index contributed by atoms with van der Waals surface area (Å²) in [7, 11) is 3.26. The Bertz CT molecular complexity index is 908. The molecular formula is C23H28N4O4. The van der Waals surface area contributed by atoms with Crippen molar-refractivity contribution < 1.29 is 19.1 Å². The van der Waals surface area contributed by atoms with Gasteiger partial charge in [-0.25, -0.2) is 4.79 Å². The summed E-state index contributed by atoms with van der Waals surface area (Å²) in [4.78, 5) is 31.0.